The van der Waals surface area contributed by atoms with E-state index in [0.717, 1.165) is 5.69 Å². The Morgan fingerprint density at radius 2 is 1.71 bits per heavy atom. The van der Waals surface area contributed by atoms with Crippen molar-refractivity contribution in [3.63, 3.8) is 0 Å². The van der Waals surface area contributed by atoms with Gasteiger partial charge in [-0.1, -0.05) is 0 Å². The number of nitrogens with one attached hydrogen (secondary N) is 3. The maximum absolute atomic E-state index is 12.2. The van der Waals surface area contributed by atoms with E-state index in [2.05, 4.69) is 36.8 Å². The van der Waals surface area contributed by atoms with Gasteiger partial charge in [-0.15, -0.1) is 0 Å². The van der Waals surface area contributed by atoms with Crippen LogP contribution in [-0.2, 0) is 0 Å². The Bertz CT molecular complexity index is 869. The third-order valence-electron chi connectivity index (χ3n) is 3.23. The number of hydrogen-bond acceptors (Lipinski definition) is 4. The van der Waals surface area contributed by atoms with Gasteiger partial charge in [0.2, 0.25) is 0 Å². The van der Waals surface area contributed by atoms with Crippen LogP contribution in [0.1, 0.15) is 26.7 Å². The Labute approximate surface area is 145 Å². The van der Waals surface area contributed by atoms with Crippen molar-refractivity contribution in [2.45, 2.75) is 6.92 Å². The minimum atomic E-state index is -0.340. The number of H-pyrrole nitrogens is 1. The topological polar surface area (TPSA) is 100 Å². The molecular weight excluding hydrogens is 376 g/mol. The third kappa shape index (κ3) is 3.38. The number of rotatable bonds is 4. The largest absolute Gasteiger partial charge is 0.459 e. The van der Waals surface area contributed by atoms with Gasteiger partial charge in [-0.25, -0.2) is 0 Å². The normalized spacial score (nSPS) is 10.4. The van der Waals surface area contributed by atoms with Crippen LogP contribution in [0, 0.1) is 6.92 Å². The summed E-state index contributed by atoms with van der Waals surface area (Å²) in [6, 6.07) is 9.95. The fourth-order valence-corrected chi connectivity index (χ4v) is 2.35. The number of hydrogen-bond donors (Lipinski definition) is 3. The van der Waals surface area contributed by atoms with Crippen molar-refractivity contribution in [1.29, 1.82) is 0 Å². The average molecular weight is 389 g/mol. The van der Waals surface area contributed by atoms with Crippen molar-refractivity contribution in [2.75, 3.05) is 10.6 Å². The van der Waals surface area contributed by atoms with Gasteiger partial charge in [0.25, 0.3) is 11.8 Å². The van der Waals surface area contributed by atoms with Crippen LogP contribution < -0.4 is 10.6 Å². The van der Waals surface area contributed by atoms with Crippen LogP contribution in [0.15, 0.2) is 51.6 Å². The molecule has 122 valence electrons. The first-order valence-electron chi connectivity index (χ1n) is 7.01. The van der Waals surface area contributed by atoms with E-state index in [0.29, 0.717) is 15.8 Å². The molecule has 0 radical (unpaired) electrons. The molecule has 3 aromatic rings. The van der Waals surface area contributed by atoms with E-state index in [1.807, 2.05) is 6.92 Å². The van der Waals surface area contributed by atoms with E-state index in [1.165, 1.54) is 6.26 Å². The summed E-state index contributed by atoms with van der Waals surface area (Å²) in [6.07, 6.45) is 1.43. The third-order valence-corrected chi connectivity index (χ3v) is 4.20. The van der Waals surface area contributed by atoms with Gasteiger partial charge in [0.05, 0.1) is 10.7 Å². The van der Waals surface area contributed by atoms with Crippen LogP contribution in [0.4, 0.5) is 11.4 Å². The van der Waals surface area contributed by atoms with Gasteiger partial charge in [0.1, 0.15) is 0 Å². The number of nitrogens with zero attached hydrogens (tertiary/aromatic N) is 1. The van der Waals surface area contributed by atoms with Gasteiger partial charge in [-0.3, -0.25) is 14.7 Å². The summed E-state index contributed by atoms with van der Waals surface area (Å²) in [5, 5.41) is 12.1. The summed E-state index contributed by atoms with van der Waals surface area (Å²) in [5.41, 5.74) is 2.23. The molecule has 2 amide bonds. The standard InChI is InChI=1S/C16H13BrN4O3/c1-9-13(17)14(21-20-9)16(23)19-11-6-4-10(5-7-11)18-15(22)12-3-2-8-24-12/h2-8H,1H3,(H,18,22)(H,19,23)(H,20,21). The van der Waals surface area contributed by atoms with Gasteiger partial charge in [0.15, 0.2) is 11.5 Å². The maximum atomic E-state index is 12.2. The number of aromatic amines is 1. The molecule has 0 unspecified atom stereocenters. The number of halogens is 1. The summed E-state index contributed by atoms with van der Waals surface area (Å²) in [7, 11) is 0. The van der Waals surface area contributed by atoms with Crippen molar-refractivity contribution in [3.05, 3.63) is 64.3 Å². The smallest absolute Gasteiger partial charge is 0.291 e. The molecule has 3 rings (SSSR count). The Morgan fingerprint density at radius 3 is 2.21 bits per heavy atom. The van der Waals surface area contributed by atoms with E-state index in [-0.39, 0.29) is 23.3 Å². The Kier molecular flexibility index (Phi) is 4.48. The fraction of sp³-hybridized carbons (Fsp3) is 0.0625. The van der Waals surface area contributed by atoms with Crippen molar-refractivity contribution in [1.82, 2.24) is 10.2 Å². The zero-order valence-electron chi connectivity index (χ0n) is 12.6. The highest BCUT2D eigenvalue weighted by Gasteiger charge is 2.16. The zero-order chi connectivity index (χ0) is 17.1. The molecule has 8 heteroatoms. The molecule has 1 aromatic carbocycles. The average Bonchev–Trinajstić information content (AvgIpc) is 3.21. The molecule has 0 saturated carbocycles. The van der Waals surface area contributed by atoms with Gasteiger partial charge in [-0.05, 0) is 59.3 Å². The zero-order valence-corrected chi connectivity index (χ0v) is 14.2. The Morgan fingerprint density at radius 1 is 1.08 bits per heavy atom. The van der Waals surface area contributed by atoms with Crippen LogP contribution in [0.5, 0.6) is 0 Å². The number of anilines is 2. The van der Waals surface area contributed by atoms with Gasteiger partial charge in [0, 0.05) is 17.1 Å². The number of carbonyl (C=O) groups excluding carboxylic acids is 2. The van der Waals surface area contributed by atoms with Crippen molar-refractivity contribution in [2.24, 2.45) is 0 Å². The summed E-state index contributed by atoms with van der Waals surface area (Å²) < 4.78 is 5.65. The lowest BCUT2D eigenvalue weighted by Gasteiger charge is -2.06. The van der Waals surface area contributed by atoms with E-state index in [4.69, 9.17) is 4.42 Å². The maximum Gasteiger partial charge on any atom is 0.291 e. The second-order valence-electron chi connectivity index (χ2n) is 4.97. The Balaban J connectivity index is 1.65. The molecule has 2 heterocycles. The minimum absolute atomic E-state index is 0.228. The van der Waals surface area contributed by atoms with Crippen LogP contribution in [0.25, 0.3) is 0 Å². The number of furan rings is 1. The van der Waals surface area contributed by atoms with E-state index >= 15 is 0 Å². The molecule has 2 aromatic heterocycles. The molecular formula is C16H13BrN4O3. The van der Waals surface area contributed by atoms with Crippen molar-refractivity contribution >= 4 is 39.1 Å². The molecule has 0 fully saturated rings. The number of aryl methyl sites for hydroxylation is 1. The number of amides is 2. The predicted molar refractivity (Wildman–Crippen MR) is 92.1 cm³/mol. The molecule has 0 aliphatic heterocycles. The van der Waals surface area contributed by atoms with Crippen molar-refractivity contribution < 1.29 is 14.0 Å². The first-order chi connectivity index (χ1) is 11.5. The Hall–Kier alpha value is -2.87. The highest BCUT2D eigenvalue weighted by Crippen LogP contribution is 2.20. The first kappa shape index (κ1) is 16.0. The molecule has 0 bridgehead atoms. The predicted octanol–water partition coefficient (Wildman–Crippen LogP) is 3.58. The van der Waals surface area contributed by atoms with Gasteiger partial charge < -0.3 is 15.1 Å². The summed E-state index contributed by atoms with van der Waals surface area (Å²) in [4.78, 5) is 24.0. The van der Waals surface area contributed by atoms with Crippen LogP contribution in [0.2, 0.25) is 0 Å². The number of carbonyl (C=O) groups is 2. The number of benzene rings is 1. The summed E-state index contributed by atoms with van der Waals surface area (Å²) in [6.45, 7) is 1.81. The molecule has 0 aliphatic rings. The molecule has 0 saturated heterocycles. The monoisotopic (exact) mass is 388 g/mol. The molecule has 0 atom stereocenters. The van der Waals surface area contributed by atoms with E-state index < -0.39 is 0 Å². The molecule has 0 spiro atoms. The highest BCUT2D eigenvalue weighted by molar-refractivity contribution is 9.10. The lowest BCUT2D eigenvalue weighted by molar-refractivity contribution is 0.0994. The highest BCUT2D eigenvalue weighted by atomic mass is 79.9. The molecule has 0 aliphatic carbocycles. The SMILES string of the molecule is Cc1[nH]nc(C(=O)Nc2ccc(NC(=O)c3ccco3)cc2)c1Br. The van der Waals surface area contributed by atoms with E-state index in [9.17, 15) is 9.59 Å². The summed E-state index contributed by atoms with van der Waals surface area (Å²) >= 11 is 3.31. The van der Waals surface area contributed by atoms with Crippen molar-refractivity contribution in [3.8, 4) is 0 Å². The minimum Gasteiger partial charge on any atom is -0.459 e. The number of aromatic nitrogens is 2. The first-order valence-corrected chi connectivity index (χ1v) is 7.80. The van der Waals surface area contributed by atoms with Gasteiger partial charge >= 0.3 is 0 Å². The van der Waals surface area contributed by atoms with Gasteiger partial charge in [-0.2, -0.15) is 5.10 Å². The van der Waals surface area contributed by atoms with E-state index in [1.54, 1.807) is 36.4 Å². The molecule has 7 nitrogen and oxygen atoms in total. The quantitative estimate of drug-likeness (QED) is 0.635. The van der Waals surface area contributed by atoms with Crippen LogP contribution >= 0.6 is 15.9 Å². The molecule has 3 N–H and O–H groups in total. The summed E-state index contributed by atoms with van der Waals surface area (Å²) in [5.74, 6) is -0.447. The lowest BCUT2D eigenvalue weighted by atomic mass is 10.2. The van der Waals surface area contributed by atoms with Crippen LogP contribution in [0.3, 0.4) is 0 Å². The van der Waals surface area contributed by atoms with Crippen LogP contribution in [-0.4, -0.2) is 22.0 Å². The fourth-order valence-electron chi connectivity index (χ4n) is 1.99. The molecule has 24 heavy (non-hydrogen) atoms. The second kappa shape index (κ2) is 6.71. The lowest BCUT2D eigenvalue weighted by Crippen LogP contribution is -2.13. The second-order valence-corrected chi connectivity index (χ2v) is 5.77.